The van der Waals surface area contributed by atoms with E-state index in [-0.39, 0.29) is 0 Å². The van der Waals surface area contributed by atoms with Gasteiger partial charge in [-0.15, -0.1) is 8.15 Å². The Kier molecular flexibility index (Phi) is 3.22. The van der Waals surface area contributed by atoms with Crippen LogP contribution in [-0.2, 0) is 10.2 Å². The molecule has 1 rings (SSSR count). The summed E-state index contributed by atoms with van der Waals surface area (Å²) in [6.07, 6.45) is 0. The Morgan fingerprint density at radius 3 is 1.33 bits per heavy atom. The second-order valence-electron chi connectivity index (χ2n) is 5.58. The van der Waals surface area contributed by atoms with Crippen molar-refractivity contribution in [3.05, 3.63) is 0 Å². The summed E-state index contributed by atoms with van der Waals surface area (Å²) in [6.45, 7) is 11.1. The van der Waals surface area contributed by atoms with Gasteiger partial charge in [0.05, 0.1) is 0 Å². The van der Waals surface area contributed by atoms with E-state index >= 15 is 0 Å². The molecule has 0 aromatic rings. The maximum Gasteiger partial charge on any atom is 0.293 e. The van der Waals surface area contributed by atoms with Crippen molar-refractivity contribution in [2.45, 2.75) is 52.6 Å². The van der Waals surface area contributed by atoms with Crippen LogP contribution >= 0.6 is 18.8 Å². The van der Waals surface area contributed by atoms with E-state index in [0.29, 0.717) is 0 Å². The van der Waals surface area contributed by atoms with Crippen molar-refractivity contribution in [3.63, 3.8) is 0 Å². The van der Waals surface area contributed by atoms with Gasteiger partial charge in [-0.2, -0.15) is 8.42 Å². The maximum absolute atomic E-state index is 12.0. The predicted molar refractivity (Wildman–Crippen MR) is 64.9 cm³/mol. The average Bonchev–Trinajstić information content (AvgIpc) is 1.74. The zero-order chi connectivity index (χ0) is 12.2. The monoisotopic (exact) mass is 272 g/mol. The van der Waals surface area contributed by atoms with Crippen LogP contribution in [0.4, 0.5) is 0 Å². The highest BCUT2D eigenvalue weighted by molar-refractivity contribution is 8.10. The molecule has 0 aromatic heterocycles. The quantitative estimate of drug-likeness (QED) is 0.636. The maximum atomic E-state index is 12.0. The van der Waals surface area contributed by atoms with E-state index in [4.69, 9.17) is 11.2 Å². The molecule has 90 valence electrons. The minimum absolute atomic E-state index is 0.450. The Bertz CT molecular complexity index is 330. The summed E-state index contributed by atoms with van der Waals surface area (Å²) in [5, 5.41) is 0. The van der Waals surface area contributed by atoms with Gasteiger partial charge < -0.3 is 0 Å². The molecule has 1 heterocycles. The van der Waals surface area contributed by atoms with Crippen LogP contribution in [0.5, 0.6) is 0 Å². The minimum Gasteiger partial charge on any atom is -0.194 e. The van der Waals surface area contributed by atoms with E-state index in [1.165, 1.54) is 8.15 Å². The first-order valence-corrected chi connectivity index (χ1v) is 8.26. The first-order valence-electron chi connectivity index (χ1n) is 4.71. The standard InChI is InChI=1S/C8H18ClN2O2PS/c1-7(2,3)10-14(9)11(8(4,5)6)15(10,12)13/h1-6H3. The lowest BCUT2D eigenvalue weighted by atomic mass is 10.1. The number of halogens is 1. The van der Waals surface area contributed by atoms with Crippen LogP contribution in [0.25, 0.3) is 0 Å². The third-order valence-electron chi connectivity index (χ3n) is 1.88. The van der Waals surface area contributed by atoms with E-state index in [1.54, 1.807) is 0 Å². The lowest BCUT2D eigenvalue weighted by Gasteiger charge is -2.55. The zero-order valence-electron chi connectivity index (χ0n) is 9.94. The molecule has 0 atom stereocenters. The van der Waals surface area contributed by atoms with Crippen molar-refractivity contribution in [2.24, 2.45) is 0 Å². The predicted octanol–water partition coefficient (Wildman–Crippen LogP) is 2.91. The fourth-order valence-corrected chi connectivity index (χ4v) is 8.68. The van der Waals surface area contributed by atoms with E-state index in [9.17, 15) is 8.42 Å². The highest BCUT2D eigenvalue weighted by atomic mass is 35.7. The normalized spacial score (nSPS) is 25.3. The van der Waals surface area contributed by atoms with Gasteiger partial charge in [-0.1, -0.05) is 11.2 Å². The van der Waals surface area contributed by atoms with Crippen molar-refractivity contribution in [1.29, 1.82) is 0 Å². The molecular weight excluding hydrogens is 255 g/mol. The number of hydrogen-bond acceptors (Lipinski definition) is 2. The molecular formula is C8H18ClN2O2PS. The summed E-state index contributed by atoms with van der Waals surface area (Å²) in [5.41, 5.74) is -0.901. The molecule has 1 saturated heterocycles. The molecule has 0 spiro atoms. The summed E-state index contributed by atoms with van der Waals surface area (Å²) < 4.78 is 26.9. The third-order valence-corrected chi connectivity index (χ3v) is 9.27. The lowest BCUT2D eigenvalue weighted by molar-refractivity contribution is 0.263. The molecule has 0 radical (unpaired) electrons. The smallest absolute Gasteiger partial charge is 0.194 e. The van der Waals surface area contributed by atoms with Gasteiger partial charge in [-0.05, 0) is 41.5 Å². The summed E-state index contributed by atoms with van der Waals surface area (Å²) in [6, 6.07) is 0. The van der Waals surface area contributed by atoms with Crippen LogP contribution in [0.3, 0.4) is 0 Å². The first kappa shape index (κ1) is 13.7. The highest BCUT2D eigenvalue weighted by Crippen LogP contribution is 2.67. The molecule has 7 heteroatoms. The number of rotatable bonds is 0. The fraction of sp³-hybridized carbons (Fsp3) is 1.00. The van der Waals surface area contributed by atoms with Gasteiger partial charge in [0.1, 0.15) is 0 Å². The van der Waals surface area contributed by atoms with Crippen LogP contribution in [0, 0.1) is 0 Å². The Morgan fingerprint density at radius 2 is 1.20 bits per heavy atom. The van der Waals surface area contributed by atoms with E-state index < -0.39 is 28.9 Å². The second-order valence-corrected chi connectivity index (χ2v) is 9.93. The fourth-order valence-electron chi connectivity index (χ4n) is 1.48. The van der Waals surface area contributed by atoms with Crippen molar-refractivity contribution in [3.8, 4) is 0 Å². The van der Waals surface area contributed by atoms with Crippen molar-refractivity contribution in [2.75, 3.05) is 0 Å². The Balaban J connectivity index is 3.08. The van der Waals surface area contributed by atoms with Gasteiger partial charge in [0, 0.05) is 11.1 Å². The first-order chi connectivity index (χ1) is 6.40. The van der Waals surface area contributed by atoms with Crippen LogP contribution < -0.4 is 0 Å². The molecule has 0 N–H and O–H groups in total. The van der Waals surface area contributed by atoms with E-state index in [0.717, 1.165) is 0 Å². The van der Waals surface area contributed by atoms with Crippen molar-refractivity contribution in [1.82, 2.24) is 8.15 Å². The van der Waals surface area contributed by atoms with Crippen LogP contribution in [0.2, 0.25) is 0 Å². The Labute approximate surface area is 98.4 Å². The van der Waals surface area contributed by atoms with Gasteiger partial charge in [0.2, 0.25) is 0 Å². The molecule has 1 aliphatic rings. The van der Waals surface area contributed by atoms with Gasteiger partial charge >= 0.3 is 0 Å². The highest BCUT2D eigenvalue weighted by Gasteiger charge is 2.60. The van der Waals surface area contributed by atoms with Gasteiger partial charge in [0.15, 0.2) is 7.58 Å². The van der Waals surface area contributed by atoms with Crippen LogP contribution in [-0.4, -0.2) is 27.6 Å². The van der Waals surface area contributed by atoms with Crippen molar-refractivity contribution < 1.29 is 8.42 Å². The molecule has 1 aliphatic heterocycles. The van der Waals surface area contributed by atoms with Crippen LogP contribution in [0.15, 0.2) is 0 Å². The molecule has 0 bridgehead atoms. The van der Waals surface area contributed by atoms with Crippen LogP contribution in [0.1, 0.15) is 41.5 Å². The van der Waals surface area contributed by atoms with Gasteiger partial charge in [-0.3, -0.25) is 0 Å². The van der Waals surface area contributed by atoms with E-state index in [1.807, 2.05) is 41.5 Å². The molecule has 0 aromatic carbocycles. The summed E-state index contributed by atoms with van der Waals surface area (Å²) in [7, 11) is -4.62. The number of hydrogen-bond donors (Lipinski definition) is 0. The third kappa shape index (κ3) is 2.18. The Hall–Kier alpha value is 0.590. The molecule has 4 nitrogen and oxygen atoms in total. The van der Waals surface area contributed by atoms with E-state index in [2.05, 4.69) is 0 Å². The molecule has 15 heavy (non-hydrogen) atoms. The molecule has 0 aliphatic carbocycles. The van der Waals surface area contributed by atoms with Crippen molar-refractivity contribution >= 4 is 29.0 Å². The molecule has 1 fully saturated rings. The van der Waals surface area contributed by atoms with Gasteiger partial charge in [0.25, 0.3) is 10.2 Å². The SMILES string of the molecule is CC(C)(C)N1P(Cl)N(C(C)(C)C)S1(=O)=O. The summed E-state index contributed by atoms with van der Waals surface area (Å²) in [5.74, 6) is 0. The Morgan fingerprint density at radius 1 is 0.933 bits per heavy atom. The zero-order valence-corrected chi connectivity index (χ0v) is 12.4. The largest absolute Gasteiger partial charge is 0.293 e. The van der Waals surface area contributed by atoms with Gasteiger partial charge in [-0.25, -0.2) is 0 Å². The minimum atomic E-state index is -3.36. The summed E-state index contributed by atoms with van der Waals surface area (Å²) in [4.78, 5) is 0. The molecule has 0 amide bonds. The number of nitrogens with zero attached hydrogens (tertiary/aromatic N) is 2. The topological polar surface area (TPSA) is 40.6 Å². The lowest BCUT2D eigenvalue weighted by Crippen LogP contribution is -2.62. The summed E-state index contributed by atoms with van der Waals surface area (Å²) >= 11 is 6.17. The average molecular weight is 273 g/mol. The molecule has 0 saturated carbocycles. The second kappa shape index (κ2) is 3.54. The molecule has 0 unspecified atom stereocenters.